The van der Waals surface area contributed by atoms with Crippen molar-refractivity contribution < 1.29 is 18.4 Å². The average Bonchev–Trinajstić information content (AvgIpc) is 3.95. The Morgan fingerprint density at radius 2 is 1.31 bits per heavy atom. The first-order valence-corrected chi connectivity index (χ1v) is 18.4. The number of oxazole rings is 2. The van der Waals surface area contributed by atoms with E-state index in [0.29, 0.717) is 63.5 Å². The van der Waals surface area contributed by atoms with E-state index in [1.807, 2.05) is 65.3 Å². The highest BCUT2D eigenvalue weighted by Gasteiger charge is 2.30. The van der Waals surface area contributed by atoms with Crippen LogP contribution in [0.5, 0.6) is 0 Å². The number of nitrogens with zero attached hydrogens (tertiary/aromatic N) is 4. The quantitative estimate of drug-likeness (QED) is 0.166. The van der Waals surface area contributed by atoms with Gasteiger partial charge >= 0.3 is 0 Å². The van der Waals surface area contributed by atoms with Crippen LogP contribution in [0, 0.1) is 6.92 Å². The van der Waals surface area contributed by atoms with Crippen molar-refractivity contribution in [2.75, 3.05) is 36.8 Å². The van der Waals surface area contributed by atoms with Gasteiger partial charge in [-0.2, -0.15) is 9.97 Å². The summed E-state index contributed by atoms with van der Waals surface area (Å²) in [6, 6.07) is 25.1. The number of halogens is 3. The number of likely N-dealkylation sites (tertiary alicyclic amines) is 2. The van der Waals surface area contributed by atoms with Crippen LogP contribution in [0.25, 0.3) is 22.2 Å². The number of benzene rings is 4. The van der Waals surface area contributed by atoms with Crippen molar-refractivity contribution in [1.82, 2.24) is 19.8 Å². The van der Waals surface area contributed by atoms with Crippen molar-refractivity contribution in [2.45, 2.75) is 45.2 Å². The fraction of sp³-hybridized carbons (Fsp3) is 0.282. The van der Waals surface area contributed by atoms with Crippen molar-refractivity contribution in [3.05, 3.63) is 116 Å². The molecule has 0 bridgehead atoms. The van der Waals surface area contributed by atoms with E-state index in [-0.39, 0.29) is 23.9 Å². The topological polar surface area (TPSA) is 117 Å². The molecule has 0 aliphatic carbocycles. The van der Waals surface area contributed by atoms with E-state index < -0.39 is 0 Å². The monoisotopic (exact) mass is 758 g/mol. The van der Waals surface area contributed by atoms with Crippen LogP contribution in [0.3, 0.4) is 0 Å². The molecule has 52 heavy (non-hydrogen) atoms. The Balaban J connectivity index is 0.000000162. The summed E-state index contributed by atoms with van der Waals surface area (Å²) >= 11 is 18.2. The molecule has 4 heterocycles. The first-order valence-electron chi connectivity index (χ1n) is 17.2. The number of fused-ring (bicyclic) bond motifs is 2. The van der Waals surface area contributed by atoms with E-state index in [2.05, 4.69) is 27.5 Å². The zero-order valence-corrected chi connectivity index (χ0v) is 30.9. The van der Waals surface area contributed by atoms with Crippen molar-refractivity contribution in [3.8, 4) is 0 Å². The van der Waals surface area contributed by atoms with Crippen molar-refractivity contribution in [3.63, 3.8) is 0 Å². The Morgan fingerprint density at radius 3 is 1.87 bits per heavy atom. The fourth-order valence-electron chi connectivity index (χ4n) is 6.66. The minimum absolute atomic E-state index is 0.0400. The van der Waals surface area contributed by atoms with Crippen LogP contribution < -0.4 is 10.6 Å². The third-order valence-corrected chi connectivity index (χ3v) is 10.2. The molecule has 2 fully saturated rings. The third-order valence-electron chi connectivity index (χ3n) is 9.37. The predicted molar refractivity (Wildman–Crippen MR) is 206 cm³/mol. The first-order chi connectivity index (χ1) is 25.1. The molecule has 8 rings (SSSR count). The maximum atomic E-state index is 12.8. The van der Waals surface area contributed by atoms with E-state index >= 15 is 0 Å². The molecule has 10 nitrogen and oxygen atoms in total. The summed E-state index contributed by atoms with van der Waals surface area (Å²) in [7, 11) is 0. The number of carbonyl (C=O) groups excluding carboxylic acids is 2. The number of hydrogen-bond acceptors (Lipinski definition) is 8. The molecule has 0 radical (unpaired) electrons. The van der Waals surface area contributed by atoms with Gasteiger partial charge in [-0.3, -0.25) is 9.59 Å². The molecule has 4 aromatic carbocycles. The molecule has 6 aromatic rings. The second-order valence-corrected chi connectivity index (χ2v) is 14.2. The standard InChI is InChI=1S/C20H20ClN3O2.C19H17Cl2N3O2/c1-2-13-5-3-4-6-16(13)19(25)24-10-9-15(12-24)22-20-23-17-8-7-14(21)11-18(17)26-20;1-11-3-2-4-14(21)17(11)18(25)24-8-7-13(10-24)22-19-23-15-6-5-12(20)9-16(15)26-19/h3-8,11,15H,2,9-10,12H2,1H3,(H,22,23);2-6,9,13H,7-8,10H2,1H3,(H,22,23)/t15-;13-/m11/s1. The predicted octanol–water partition coefficient (Wildman–Crippen LogP) is 9.14. The molecular weight excluding hydrogens is 723 g/mol. The van der Waals surface area contributed by atoms with Crippen LogP contribution in [-0.4, -0.2) is 69.8 Å². The molecular formula is C39H37Cl3N6O4. The van der Waals surface area contributed by atoms with Crippen LogP contribution in [0.1, 0.15) is 51.6 Å². The molecule has 2 aliphatic rings. The van der Waals surface area contributed by atoms with Crippen LogP contribution in [0.2, 0.25) is 15.1 Å². The summed E-state index contributed by atoms with van der Waals surface area (Å²) in [5.74, 6) is 0.0536. The van der Waals surface area contributed by atoms with E-state index in [4.69, 9.17) is 43.6 Å². The molecule has 2 amide bonds. The summed E-state index contributed by atoms with van der Waals surface area (Å²) in [5, 5.41) is 8.28. The molecule has 2 N–H and O–H groups in total. The zero-order chi connectivity index (χ0) is 36.4. The number of aromatic nitrogens is 2. The Morgan fingerprint density at radius 1 is 0.750 bits per heavy atom. The van der Waals surface area contributed by atoms with Crippen LogP contribution >= 0.6 is 34.8 Å². The first kappa shape index (κ1) is 35.6. The number of amides is 2. The van der Waals surface area contributed by atoms with Crippen LogP contribution in [0.15, 0.2) is 87.7 Å². The Hall–Kier alpha value is -4.77. The largest absolute Gasteiger partial charge is 0.423 e. The van der Waals surface area contributed by atoms with Crippen molar-refractivity contribution in [2.24, 2.45) is 0 Å². The number of anilines is 2. The summed E-state index contributed by atoms with van der Waals surface area (Å²) in [6.07, 6.45) is 2.52. The molecule has 2 atom stereocenters. The molecule has 2 saturated heterocycles. The lowest BCUT2D eigenvalue weighted by molar-refractivity contribution is 0.0783. The SMILES string of the molecule is CCc1ccccc1C(=O)N1CC[C@@H](Nc2nc3ccc(Cl)cc3o2)C1.Cc1cccc(Cl)c1C(=O)N1CC[C@@H](Nc2nc3ccc(Cl)cc3o2)C1. The highest BCUT2D eigenvalue weighted by molar-refractivity contribution is 6.34. The summed E-state index contributed by atoms with van der Waals surface area (Å²) in [6.45, 7) is 6.56. The molecule has 268 valence electrons. The summed E-state index contributed by atoms with van der Waals surface area (Å²) in [5.41, 5.74) is 6.15. The average molecular weight is 760 g/mol. The third kappa shape index (κ3) is 7.84. The fourth-order valence-corrected chi connectivity index (χ4v) is 7.29. The molecule has 0 spiro atoms. The Kier molecular flexibility index (Phi) is 10.6. The molecule has 2 aromatic heterocycles. The van der Waals surface area contributed by atoms with Gasteiger partial charge in [-0.1, -0.05) is 72.1 Å². The Bertz CT molecular complexity index is 2230. The van der Waals surface area contributed by atoms with Gasteiger partial charge in [0.25, 0.3) is 23.8 Å². The van der Waals surface area contributed by atoms with Crippen molar-refractivity contribution in [1.29, 1.82) is 0 Å². The maximum absolute atomic E-state index is 12.8. The Labute approximate surface area is 316 Å². The second kappa shape index (κ2) is 15.5. The van der Waals surface area contributed by atoms with E-state index in [0.717, 1.165) is 53.5 Å². The van der Waals surface area contributed by atoms with Crippen LogP contribution in [-0.2, 0) is 6.42 Å². The van der Waals surface area contributed by atoms with Gasteiger partial charge in [-0.15, -0.1) is 0 Å². The van der Waals surface area contributed by atoms with Gasteiger partial charge in [0.15, 0.2) is 11.2 Å². The molecule has 0 saturated carbocycles. The zero-order valence-electron chi connectivity index (χ0n) is 28.7. The normalized spacial score (nSPS) is 17.0. The second-order valence-electron chi connectivity index (χ2n) is 13.0. The van der Waals surface area contributed by atoms with Gasteiger partial charge in [0, 0.05) is 66.0 Å². The smallest absolute Gasteiger partial charge is 0.295 e. The lowest BCUT2D eigenvalue weighted by Crippen LogP contribution is -2.32. The number of hydrogen-bond donors (Lipinski definition) is 2. The van der Waals surface area contributed by atoms with E-state index in [1.54, 1.807) is 30.3 Å². The number of rotatable bonds is 7. The van der Waals surface area contributed by atoms with E-state index in [1.165, 1.54) is 0 Å². The summed E-state index contributed by atoms with van der Waals surface area (Å²) < 4.78 is 11.4. The van der Waals surface area contributed by atoms with Gasteiger partial charge in [-0.25, -0.2) is 0 Å². The minimum Gasteiger partial charge on any atom is -0.423 e. The van der Waals surface area contributed by atoms with Crippen molar-refractivity contribution >= 4 is 80.8 Å². The highest BCUT2D eigenvalue weighted by atomic mass is 35.5. The summed E-state index contributed by atoms with van der Waals surface area (Å²) in [4.78, 5) is 38.2. The minimum atomic E-state index is -0.0400. The van der Waals surface area contributed by atoms with E-state index in [9.17, 15) is 9.59 Å². The highest BCUT2D eigenvalue weighted by Crippen LogP contribution is 2.28. The van der Waals surface area contributed by atoms with Crippen LogP contribution in [0.4, 0.5) is 12.0 Å². The maximum Gasteiger partial charge on any atom is 0.295 e. The van der Waals surface area contributed by atoms with Gasteiger partial charge < -0.3 is 29.3 Å². The number of nitrogens with one attached hydrogen (secondary N) is 2. The molecule has 13 heteroatoms. The van der Waals surface area contributed by atoms with Gasteiger partial charge in [0.05, 0.1) is 10.6 Å². The number of aryl methyl sites for hydroxylation is 2. The lowest BCUT2D eigenvalue weighted by atomic mass is 10.0. The molecule has 2 aliphatic heterocycles. The van der Waals surface area contributed by atoms with Gasteiger partial charge in [0.1, 0.15) is 11.0 Å². The lowest BCUT2D eigenvalue weighted by Gasteiger charge is -2.18. The van der Waals surface area contributed by atoms with Gasteiger partial charge in [0.2, 0.25) is 0 Å². The van der Waals surface area contributed by atoms with Gasteiger partial charge in [-0.05, 0) is 73.7 Å². The molecule has 0 unspecified atom stereocenters. The number of carbonyl (C=O) groups is 2.